The van der Waals surface area contributed by atoms with Gasteiger partial charge in [-0.15, -0.1) is 5.10 Å². The highest BCUT2D eigenvalue weighted by Gasteiger charge is 2.31. The number of aromatic amines is 1. The topological polar surface area (TPSA) is 129 Å². The lowest BCUT2D eigenvalue weighted by Crippen LogP contribution is -2.34. The Balaban J connectivity index is 1.23. The number of benzene rings is 3. The first kappa shape index (κ1) is 29.2. The molecule has 0 radical (unpaired) electrons. The SMILES string of the molecule is O=C(Nc1nn[nH]n1)c1ccc(CN(C(=O)Nc2nc3cc(C(F)(F)F)ccc3s2)c2ccc(C3CCCCC3)cc2)cc1. The van der Waals surface area contributed by atoms with E-state index in [1.165, 1.54) is 35.8 Å². The van der Waals surface area contributed by atoms with Gasteiger partial charge in [-0.25, -0.2) is 9.78 Å². The van der Waals surface area contributed by atoms with Gasteiger partial charge in [0, 0.05) is 11.3 Å². The van der Waals surface area contributed by atoms with Crippen LogP contribution < -0.4 is 15.5 Å². The Bertz CT molecular complexity index is 1750. The molecule has 44 heavy (non-hydrogen) atoms. The minimum Gasteiger partial charge on any atom is -0.290 e. The van der Waals surface area contributed by atoms with Crippen LogP contribution in [0.1, 0.15) is 65.1 Å². The summed E-state index contributed by atoms with van der Waals surface area (Å²) >= 11 is 1.09. The summed E-state index contributed by atoms with van der Waals surface area (Å²) in [4.78, 5) is 32.0. The number of rotatable bonds is 7. The molecule has 1 saturated carbocycles. The van der Waals surface area contributed by atoms with Gasteiger partial charge >= 0.3 is 12.2 Å². The van der Waals surface area contributed by atoms with Crippen molar-refractivity contribution in [3.8, 4) is 0 Å². The molecule has 14 heteroatoms. The van der Waals surface area contributed by atoms with Crippen molar-refractivity contribution in [1.82, 2.24) is 25.6 Å². The van der Waals surface area contributed by atoms with Crippen molar-refractivity contribution in [2.45, 2.75) is 50.7 Å². The van der Waals surface area contributed by atoms with E-state index in [4.69, 9.17) is 0 Å². The predicted octanol–water partition coefficient (Wildman–Crippen LogP) is 7.37. The molecule has 2 aromatic heterocycles. The van der Waals surface area contributed by atoms with Gasteiger partial charge in [0.15, 0.2) is 5.13 Å². The molecule has 0 unspecified atom stereocenters. The summed E-state index contributed by atoms with van der Waals surface area (Å²) in [6.45, 7) is 0.157. The van der Waals surface area contributed by atoms with Crippen molar-refractivity contribution in [2.24, 2.45) is 0 Å². The molecular formula is C30H27F3N8O2S. The molecule has 0 spiro atoms. The molecule has 1 aliphatic carbocycles. The number of anilines is 3. The van der Waals surface area contributed by atoms with Crippen molar-refractivity contribution in [1.29, 1.82) is 0 Å². The van der Waals surface area contributed by atoms with E-state index in [-0.39, 0.29) is 23.1 Å². The second kappa shape index (κ2) is 12.4. The zero-order chi connectivity index (χ0) is 30.7. The van der Waals surface area contributed by atoms with Gasteiger partial charge in [0.05, 0.1) is 22.3 Å². The predicted molar refractivity (Wildman–Crippen MR) is 161 cm³/mol. The number of carbonyl (C=O) groups excluding carboxylic acids is 2. The van der Waals surface area contributed by atoms with Crippen molar-refractivity contribution >= 4 is 50.3 Å². The highest BCUT2D eigenvalue weighted by molar-refractivity contribution is 7.22. The Morgan fingerprint density at radius 2 is 1.70 bits per heavy atom. The molecule has 3 amide bonds. The van der Waals surface area contributed by atoms with E-state index in [1.807, 2.05) is 24.3 Å². The number of hydrogen-bond donors (Lipinski definition) is 3. The summed E-state index contributed by atoms with van der Waals surface area (Å²) < 4.78 is 40.1. The molecule has 6 rings (SSSR count). The third kappa shape index (κ3) is 6.70. The van der Waals surface area contributed by atoms with Crippen LogP contribution in [-0.4, -0.2) is 37.5 Å². The van der Waals surface area contributed by atoms with E-state index in [2.05, 4.69) is 36.2 Å². The molecule has 1 aliphatic rings. The van der Waals surface area contributed by atoms with Crippen LogP contribution in [0.5, 0.6) is 0 Å². The second-order valence-corrected chi connectivity index (χ2v) is 11.6. The Labute approximate surface area is 253 Å². The van der Waals surface area contributed by atoms with Crippen molar-refractivity contribution in [3.63, 3.8) is 0 Å². The van der Waals surface area contributed by atoms with Gasteiger partial charge in [0.25, 0.3) is 11.9 Å². The van der Waals surface area contributed by atoms with Crippen molar-refractivity contribution in [3.05, 3.63) is 89.0 Å². The molecule has 2 heterocycles. The van der Waals surface area contributed by atoms with Gasteiger partial charge in [0.2, 0.25) is 0 Å². The number of urea groups is 1. The van der Waals surface area contributed by atoms with Gasteiger partial charge in [0.1, 0.15) is 0 Å². The molecule has 0 atom stereocenters. The molecular weight excluding hydrogens is 593 g/mol. The standard InChI is InChI=1S/C30H27F3N8O2S/c31-30(32,33)22-12-15-25-24(16-22)34-28(44-25)36-29(43)41(23-13-10-20(11-14-23)19-4-2-1-3-5-19)17-18-6-8-21(9-7-18)26(42)35-27-37-39-40-38-27/h6-16,19H,1-5,17H2,(H,34,36,43)(H2,35,37,38,39,40,42). The van der Waals surface area contributed by atoms with Gasteiger partial charge in [-0.05, 0) is 77.6 Å². The maximum absolute atomic E-state index is 13.7. The van der Waals surface area contributed by atoms with Crippen LogP contribution >= 0.6 is 11.3 Å². The second-order valence-electron chi connectivity index (χ2n) is 10.5. The minimum absolute atomic E-state index is 0.0445. The van der Waals surface area contributed by atoms with Gasteiger partial charge < -0.3 is 0 Å². The monoisotopic (exact) mass is 620 g/mol. The fourth-order valence-electron chi connectivity index (χ4n) is 5.29. The number of H-pyrrole nitrogens is 1. The van der Waals surface area contributed by atoms with Gasteiger partial charge in [-0.2, -0.15) is 18.4 Å². The number of carbonyl (C=O) groups is 2. The summed E-state index contributed by atoms with van der Waals surface area (Å²) in [5.74, 6) is 0.119. The summed E-state index contributed by atoms with van der Waals surface area (Å²) in [5.41, 5.74) is 2.32. The lowest BCUT2D eigenvalue weighted by atomic mass is 9.84. The minimum atomic E-state index is -4.49. The molecule has 3 aromatic carbocycles. The van der Waals surface area contributed by atoms with E-state index >= 15 is 0 Å². The lowest BCUT2D eigenvalue weighted by Gasteiger charge is -2.25. The highest BCUT2D eigenvalue weighted by Crippen LogP contribution is 2.35. The third-order valence-corrected chi connectivity index (χ3v) is 8.53. The Morgan fingerprint density at radius 3 is 2.39 bits per heavy atom. The maximum atomic E-state index is 13.7. The Kier molecular flexibility index (Phi) is 8.24. The fraction of sp³-hybridized carbons (Fsp3) is 0.267. The van der Waals surface area contributed by atoms with E-state index in [1.54, 1.807) is 24.3 Å². The molecule has 5 aromatic rings. The average molecular weight is 621 g/mol. The number of aromatic nitrogens is 5. The number of alkyl halides is 3. The van der Waals surface area contributed by atoms with Crippen LogP contribution in [-0.2, 0) is 12.7 Å². The van der Waals surface area contributed by atoms with Crippen LogP contribution in [0, 0.1) is 0 Å². The number of hydrogen-bond acceptors (Lipinski definition) is 7. The fourth-order valence-corrected chi connectivity index (χ4v) is 6.13. The quantitative estimate of drug-likeness (QED) is 0.174. The molecule has 226 valence electrons. The molecule has 0 aliphatic heterocycles. The molecule has 10 nitrogen and oxygen atoms in total. The summed E-state index contributed by atoms with van der Waals surface area (Å²) in [7, 11) is 0. The lowest BCUT2D eigenvalue weighted by molar-refractivity contribution is -0.137. The number of nitrogens with zero attached hydrogens (tertiary/aromatic N) is 5. The molecule has 1 fully saturated rings. The van der Waals surface area contributed by atoms with E-state index in [0.29, 0.717) is 21.9 Å². The van der Waals surface area contributed by atoms with Crippen LogP contribution in [0.2, 0.25) is 0 Å². The first-order valence-electron chi connectivity index (χ1n) is 14.0. The third-order valence-electron chi connectivity index (χ3n) is 7.58. The number of halogens is 3. The van der Waals surface area contributed by atoms with Crippen molar-refractivity contribution < 1.29 is 22.8 Å². The van der Waals surface area contributed by atoms with Gasteiger partial charge in [-0.3, -0.25) is 20.3 Å². The first-order chi connectivity index (χ1) is 21.2. The maximum Gasteiger partial charge on any atom is 0.416 e. The normalized spacial score (nSPS) is 14.0. The van der Waals surface area contributed by atoms with E-state index in [0.717, 1.165) is 41.9 Å². The van der Waals surface area contributed by atoms with Crippen molar-refractivity contribution in [2.75, 3.05) is 15.5 Å². The van der Waals surface area contributed by atoms with Gasteiger partial charge in [-0.1, -0.05) is 60.0 Å². The number of tetrazole rings is 1. The summed E-state index contributed by atoms with van der Waals surface area (Å²) in [6.07, 6.45) is 1.45. The number of thiazole rings is 1. The molecule has 0 saturated heterocycles. The van der Waals surface area contributed by atoms with Crippen LogP contribution in [0.15, 0.2) is 66.7 Å². The highest BCUT2D eigenvalue weighted by atomic mass is 32.1. The van der Waals surface area contributed by atoms with E-state index in [9.17, 15) is 22.8 Å². The average Bonchev–Trinajstić information content (AvgIpc) is 3.69. The zero-order valence-corrected chi connectivity index (χ0v) is 24.1. The Morgan fingerprint density at radius 1 is 0.955 bits per heavy atom. The summed E-state index contributed by atoms with van der Waals surface area (Å²) in [5, 5.41) is 18.6. The number of nitrogens with one attached hydrogen (secondary N) is 3. The zero-order valence-electron chi connectivity index (χ0n) is 23.3. The van der Waals surface area contributed by atoms with Crippen LogP contribution in [0.3, 0.4) is 0 Å². The van der Waals surface area contributed by atoms with Crippen LogP contribution in [0.25, 0.3) is 10.2 Å². The smallest absolute Gasteiger partial charge is 0.290 e. The number of fused-ring (bicyclic) bond motifs is 1. The summed E-state index contributed by atoms with van der Waals surface area (Å²) in [6, 6.07) is 17.5. The first-order valence-corrected chi connectivity index (χ1v) is 14.8. The molecule has 3 N–H and O–H groups in total. The Hall–Kier alpha value is -4.85. The molecule has 0 bridgehead atoms. The van der Waals surface area contributed by atoms with E-state index < -0.39 is 23.7 Å². The van der Waals surface area contributed by atoms with Crippen LogP contribution in [0.4, 0.5) is 34.7 Å². The number of amides is 3. The largest absolute Gasteiger partial charge is 0.416 e.